The molecule has 0 spiro atoms. The highest BCUT2D eigenvalue weighted by atomic mass is 33.1. The molecule has 0 aromatic rings. The van der Waals surface area contributed by atoms with Crippen molar-refractivity contribution in [2.24, 2.45) is 5.92 Å². The molecule has 0 radical (unpaired) electrons. The van der Waals surface area contributed by atoms with Gasteiger partial charge < -0.3 is 0 Å². The SMILES string of the molecule is CC(=O)[C@@H](C)[C@H]1CCSS1. The molecule has 0 aliphatic carbocycles. The van der Waals surface area contributed by atoms with Gasteiger partial charge in [-0.15, -0.1) is 0 Å². The van der Waals surface area contributed by atoms with E-state index in [1.54, 1.807) is 6.92 Å². The Labute approximate surface area is 69.7 Å². The Bertz CT molecular complexity index is 130. The van der Waals surface area contributed by atoms with E-state index >= 15 is 0 Å². The van der Waals surface area contributed by atoms with Crippen LogP contribution in [0.4, 0.5) is 0 Å². The number of carbonyl (C=O) groups is 1. The molecular weight excluding hydrogens is 164 g/mol. The zero-order valence-corrected chi connectivity index (χ0v) is 7.93. The fourth-order valence-electron chi connectivity index (χ4n) is 0.943. The summed E-state index contributed by atoms with van der Waals surface area (Å²) in [5.74, 6) is 1.81. The molecule has 58 valence electrons. The highest BCUT2D eigenvalue weighted by molar-refractivity contribution is 8.77. The lowest BCUT2D eigenvalue weighted by molar-refractivity contribution is -0.120. The number of hydrogen-bond acceptors (Lipinski definition) is 3. The predicted octanol–water partition coefficient (Wildman–Crippen LogP) is 2.37. The molecule has 1 saturated heterocycles. The summed E-state index contributed by atoms with van der Waals surface area (Å²) in [4.78, 5) is 10.9. The summed E-state index contributed by atoms with van der Waals surface area (Å²) in [5.41, 5.74) is 0. The van der Waals surface area contributed by atoms with Crippen LogP contribution in [-0.2, 0) is 4.79 Å². The average molecular weight is 176 g/mol. The minimum Gasteiger partial charge on any atom is -0.300 e. The third kappa shape index (κ3) is 1.92. The van der Waals surface area contributed by atoms with Crippen molar-refractivity contribution in [2.45, 2.75) is 25.5 Å². The van der Waals surface area contributed by atoms with Crippen LogP contribution in [0.3, 0.4) is 0 Å². The Hall–Kier alpha value is 0.370. The quantitative estimate of drug-likeness (QED) is 0.601. The minimum absolute atomic E-state index is 0.264. The van der Waals surface area contributed by atoms with Crippen LogP contribution >= 0.6 is 21.6 Å². The summed E-state index contributed by atoms with van der Waals surface area (Å²) in [7, 11) is 3.77. The Morgan fingerprint density at radius 2 is 2.40 bits per heavy atom. The first kappa shape index (κ1) is 8.47. The molecular formula is C7H12OS2. The van der Waals surface area contributed by atoms with E-state index in [2.05, 4.69) is 0 Å². The smallest absolute Gasteiger partial charge is 0.133 e. The molecule has 0 N–H and O–H groups in total. The van der Waals surface area contributed by atoms with Crippen molar-refractivity contribution < 1.29 is 4.79 Å². The molecule has 1 aliphatic rings. The fourth-order valence-corrected chi connectivity index (χ4v) is 4.18. The van der Waals surface area contributed by atoms with E-state index in [1.165, 1.54) is 12.2 Å². The Balaban J connectivity index is 2.39. The van der Waals surface area contributed by atoms with E-state index in [4.69, 9.17) is 0 Å². The predicted molar refractivity (Wildman–Crippen MR) is 48.3 cm³/mol. The molecule has 1 fully saturated rings. The second-order valence-electron chi connectivity index (χ2n) is 2.64. The molecule has 0 amide bonds. The number of Topliss-reactive ketones (excluding diaryl/α,β-unsaturated/α-hetero) is 1. The van der Waals surface area contributed by atoms with Gasteiger partial charge in [-0.3, -0.25) is 4.79 Å². The second kappa shape index (κ2) is 3.67. The van der Waals surface area contributed by atoms with Crippen LogP contribution in [0.1, 0.15) is 20.3 Å². The van der Waals surface area contributed by atoms with Gasteiger partial charge in [-0.2, -0.15) is 0 Å². The van der Waals surface area contributed by atoms with E-state index in [-0.39, 0.29) is 5.92 Å². The van der Waals surface area contributed by atoms with Gasteiger partial charge in [-0.05, 0) is 13.3 Å². The Morgan fingerprint density at radius 1 is 1.70 bits per heavy atom. The summed E-state index contributed by atoms with van der Waals surface area (Å²) < 4.78 is 0. The molecule has 1 rings (SSSR count). The Morgan fingerprint density at radius 3 is 2.80 bits per heavy atom. The summed E-state index contributed by atoms with van der Waals surface area (Å²) in [6, 6.07) is 0. The third-order valence-electron chi connectivity index (χ3n) is 1.88. The number of rotatable bonds is 2. The van der Waals surface area contributed by atoms with Gasteiger partial charge >= 0.3 is 0 Å². The van der Waals surface area contributed by atoms with Crippen LogP contribution in [0.5, 0.6) is 0 Å². The van der Waals surface area contributed by atoms with Crippen LogP contribution < -0.4 is 0 Å². The minimum atomic E-state index is 0.264. The van der Waals surface area contributed by atoms with Crippen LogP contribution in [-0.4, -0.2) is 16.8 Å². The van der Waals surface area contributed by atoms with Crippen molar-refractivity contribution in [1.82, 2.24) is 0 Å². The number of hydrogen-bond donors (Lipinski definition) is 0. The molecule has 1 nitrogen and oxygen atoms in total. The van der Waals surface area contributed by atoms with E-state index in [9.17, 15) is 4.79 Å². The monoisotopic (exact) mass is 176 g/mol. The Kier molecular flexibility index (Phi) is 3.11. The van der Waals surface area contributed by atoms with Crippen molar-refractivity contribution in [3.05, 3.63) is 0 Å². The summed E-state index contributed by atoms with van der Waals surface area (Å²) in [6.45, 7) is 3.72. The first-order valence-corrected chi connectivity index (χ1v) is 5.88. The molecule has 10 heavy (non-hydrogen) atoms. The van der Waals surface area contributed by atoms with Crippen molar-refractivity contribution in [3.63, 3.8) is 0 Å². The van der Waals surface area contributed by atoms with Crippen LogP contribution in [0, 0.1) is 5.92 Å². The van der Waals surface area contributed by atoms with E-state index < -0.39 is 0 Å². The third-order valence-corrected chi connectivity index (χ3v) is 4.96. The lowest BCUT2D eigenvalue weighted by Gasteiger charge is -2.12. The maximum Gasteiger partial charge on any atom is 0.133 e. The van der Waals surface area contributed by atoms with Gasteiger partial charge in [0.2, 0.25) is 0 Å². The molecule has 0 saturated carbocycles. The van der Waals surface area contributed by atoms with Gasteiger partial charge in [-0.25, -0.2) is 0 Å². The first-order chi connectivity index (χ1) is 4.72. The summed E-state index contributed by atoms with van der Waals surface area (Å²) in [5, 5.41) is 0.586. The first-order valence-electron chi connectivity index (χ1n) is 3.50. The zero-order chi connectivity index (χ0) is 7.56. The normalized spacial score (nSPS) is 28.4. The van der Waals surface area contributed by atoms with Gasteiger partial charge in [0.25, 0.3) is 0 Å². The summed E-state index contributed by atoms with van der Waals surface area (Å²) >= 11 is 0. The molecule has 0 unspecified atom stereocenters. The highest BCUT2D eigenvalue weighted by Crippen LogP contribution is 2.41. The zero-order valence-electron chi connectivity index (χ0n) is 6.29. The molecule has 3 heteroatoms. The van der Waals surface area contributed by atoms with Crippen molar-refractivity contribution in [3.8, 4) is 0 Å². The van der Waals surface area contributed by atoms with Gasteiger partial charge in [0, 0.05) is 16.9 Å². The van der Waals surface area contributed by atoms with Crippen molar-refractivity contribution in [2.75, 3.05) is 5.75 Å². The standard InChI is InChI=1S/C7H12OS2/c1-5(6(2)8)7-3-4-9-10-7/h5,7H,3-4H2,1-2H3/t5-,7-/m1/s1. The molecule has 1 aliphatic heterocycles. The molecule has 1 heterocycles. The maximum atomic E-state index is 10.9. The number of ketones is 1. The van der Waals surface area contributed by atoms with Gasteiger partial charge in [0.05, 0.1) is 0 Å². The van der Waals surface area contributed by atoms with Gasteiger partial charge in [0.15, 0.2) is 0 Å². The highest BCUT2D eigenvalue weighted by Gasteiger charge is 2.25. The summed E-state index contributed by atoms with van der Waals surface area (Å²) in [6.07, 6.45) is 1.20. The van der Waals surface area contributed by atoms with E-state index in [0.717, 1.165) is 0 Å². The topological polar surface area (TPSA) is 17.1 Å². The van der Waals surface area contributed by atoms with E-state index in [0.29, 0.717) is 11.0 Å². The average Bonchev–Trinajstić information content (AvgIpc) is 2.36. The van der Waals surface area contributed by atoms with E-state index in [1.807, 2.05) is 28.5 Å². The van der Waals surface area contributed by atoms with Crippen LogP contribution in [0.15, 0.2) is 0 Å². The molecule has 0 bridgehead atoms. The second-order valence-corrected chi connectivity index (χ2v) is 5.37. The number of carbonyl (C=O) groups excluding carboxylic acids is 1. The molecule has 0 aromatic carbocycles. The van der Waals surface area contributed by atoms with Gasteiger partial charge in [-0.1, -0.05) is 28.5 Å². The molecule has 2 atom stereocenters. The van der Waals surface area contributed by atoms with Crippen molar-refractivity contribution >= 4 is 27.4 Å². The maximum absolute atomic E-state index is 10.9. The molecule has 0 aromatic heterocycles. The van der Waals surface area contributed by atoms with Crippen molar-refractivity contribution in [1.29, 1.82) is 0 Å². The van der Waals surface area contributed by atoms with Crippen LogP contribution in [0.2, 0.25) is 0 Å². The fraction of sp³-hybridized carbons (Fsp3) is 0.857. The van der Waals surface area contributed by atoms with Crippen LogP contribution in [0.25, 0.3) is 0 Å². The largest absolute Gasteiger partial charge is 0.300 e. The van der Waals surface area contributed by atoms with Gasteiger partial charge in [0.1, 0.15) is 5.78 Å². The lowest BCUT2D eigenvalue weighted by Crippen LogP contribution is -2.18. The lowest BCUT2D eigenvalue weighted by atomic mass is 10.0.